The van der Waals surface area contributed by atoms with Crippen molar-refractivity contribution in [3.8, 4) is 0 Å². The Hall–Kier alpha value is -1.90. The first-order valence-corrected chi connectivity index (χ1v) is 9.42. The van der Waals surface area contributed by atoms with Gasteiger partial charge in [0.2, 0.25) is 10.0 Å². The number of thiophene rings is 1. The largest absolute Gasteiger partial charge is 0.271 e. The monoisotopic (exact) mass is 369 g/mol. The van der Waals surface area contributed by atoms with Crippen LogP contribution >= 0.6 is 22.9 Å². The normalized spacial score (nSPS) is 17.8. The summed E-state index contributed by atoms with van der Waals surface area (Å²) in [4.78, 5) is 12.8. The molecular weight excluding hydrogens is 358 g/mol. The number of fused-ring (bicyclic) bond motifs is 1. The number of hydrogen-bond acceptors (Lipinski definition) is 5. The smallest absolute Gasteiger partial charge is 0.271 e. The van der Waals surface area contributed by atoms with Crippen LogP contribution in [0, 0.1) is 0 Å². The third-order valence-electron chi connectivity index (χ3n) is 3.38. The molecule has 120 valence electrons. The van der Waals surface area contributed by atoms with Crippen LogP contribution in [0.2, 0.25) is 5.02 Å². The van der Waals surface area contributed by atoms with E-state index in [1.807, 2.05) is 0 Å². The fourth-order valence-corrected chi connectivity index (χ4v) is 4.51. The maximum absolute atomic E-state index is 12.1. The van der Waals surface area contributed by atoms with Crippen LogP contribution in [0.25, 0.3) is 0 Å². The molecule has 1 aliphatic rings. The predicted molar refractivity (Wildman–Crippen MR) is 92.0 cm³/mol. The summed E-state index contributed by atoms with van der Waals surface area (Å²) in [5.41, 5.74) is 3.69. The molecular formula is C14H12ClN3O3S2. The zero-order valence-electron chi connectivity index (χ0n) is 12.0. The summed E-state index contributed by atoms with van der Waals surface area (Å²) in [6.45, 7) is 0. The van der Waals surface area contributed by atoms with Crippen molar-refractivity contribution in [1.29, 1.82) is 0 Å². The lowest BCUT2D eigenvalue weighted by atomic mass is 10.2. The minimum Gasteiger partial charge on any atom is -0.271 e. The molecule has 0 bridgehead atoms. The van der Waals surface area contributed by atoms with Crippen LogP contribution in [0.4, 0.5) is 5.69 Å². The number of amides is 1. The van der Waals surface area contributed by atoms with Crippen molar-refractivity contribution in [3.05, 3.63) is 51.2 Å². The first-order valence-electron chi connectivity index (χ1n) is 6.55. The number of hydrazone groups is 1. The summed E-state index contributed by atoms with van der Waals surface area (Å²) < 4.78 is 25.5. The van der Waals surface area contributed by atoms with E-state index in [0.717, 1.165) is 4.88 Å². The molecule has 1 aliphatic heterocycles. The van der Waals surface area contributed by atoms with Gasteiger partial charge in [-0.25, -0.2) is 13.8 Å². The van der Waals surface area contributed by atoms with E-state index in [0.29, 0.717) is 22.0 Å². The van der Waals surface area contributed by atoms with Gasteiger partial charge < -0.3 is 0 Å². The number of carbonyl (C=O) groups excluding carboxylic acids is 1. The molecule has 0 fully saturated rings. The van der Waals surface area contributed by atoms with Crippen molar-refractivity contribution in [1.82, 2.24) is 5.43 Å². The zero-order valence-corrected chi connectivity index (χ0v) is 14.4. The highest BCUT2D eigenvalue weighted by Crippen LogP contribution is 2.32. The Labute approximate surface area is 142 Å². The van der Waals surface area contributed by atoms with E-state index in [1.165, 1.54) is 22.7 Å². The van der Waals surface area contributed by atoms with Crippen LogP contribution in [-0.2, 0) is 10.0 Å². The van der Waals surface area contributed by atoms with Crippen molar-refractivity contribution in [3.63, 3.8) is 0 Å². The minimum absolute atomic E-state index is 0.252. The minimum atomic E-state index is -3.47. The number of hydrogen-bond donors (Lipinski definition) is 1. The van der Waals surface area contributed by atoms with E-state index in [9.17, 15) is 13.2 Å². The van der Waals surface area contributed by atoms with Crippen LogP contribution in [0.15, 0.2) is 40.8 Å². The highest BCUT2D eigenvalue weighted by atomic mass is 35.5. The first kappa shape index (κ1) is 16.0. The molecule has 0 saturated carbocycles. The Kier molecular flexibility index (Phi) is 4.13. The Bertz CT molecular complexity index is 888. The van der Waals surface area contributed by atoms with Crippen molar-refractivity contribution >= 4 is 50.3 Å². The molecule has 2 aromatic rings. The highest BCUT2D eigenvalue weighted by molar-refractivity contribution is 7.93. The molecule has 23 heavy (non-hydrogen) atoms. The standard InChI is InChI=1S/C14H12ClN3O3S2/c1-18-12-6-7-22-13(12)11(8-23(18,20)21)16-17-14(19)9-2-4-10(15)5-3-9/h2-7H,8H2,1H3,(H,17,19). The van der Waals surface area contributed by atoms with Gasteiger partial charge in [0.25, 0.3) is 5.91 Å². The lowest BCUT2D eigenvalue weighted by Crippen LogP contribution is -2.38. The second-order valence-corrected chi connectivity index (χ2v) is 8.22. The Balaban J connectivity index is 1.87. The quantitative estimate of drug-likeness (QED) is 0.825. The molecule has 1 aromatic carbocycles. The van der Waals surface area contributed by atoms with Crippen molar-refractivity contribution in [2.75, 3.05) is 17.1 Å². The lowest BCUT2D eigenvalue weighted by Gasteiger charge is -2.25. The van der Waals surface area contributed by atoms with Crippen molar-refractivity contribution in [2.24, 2.45) is 5.10 Å². The van der Waals surface area contributed by atoms with Crippen LogP contribution < -0.4 is 9.73 Å². The van der Waals surface area contributed by atoms with Crippen LogP contribution in [0.1, 0.15) is 15.2 Å². The number of benzene rings is 1. The molecule has 0 atom stereocenters. The van der Waals surface area contributed by atoms with E-state index < -0.39 is 15.9 Å². The van der Waals surface area contributed by atoms with Gasteiger partial charge in [0.05, 0.1) is 16.3 Å². The van der Waals surface area contributed by atoms with Gasteiger partial charge >= 0.3 is 0 Å². The number of nitrogens with zero attached hydrogens (tertiary/aromatic N) is 2. The SMILES string of the molecule is CN1c2ccsc2C(=NNC(=O)c2ccc(Cl)cc2)CS1(=O)=O. The molecule has 1 aromatic heterocycles. The summed E-state index contributed by atoms with van der Waals surface area (Å²) in [5.74, 6) is -0.679. The Morgan fingerprint density at radius 2 is 2.00 bits per heavy atom. The van der Waals surface area contributed by atoms with Gasteiger partial charge in [0.15, 0.2) is 0 Å². The molecule has 0 aliphatic carbocycles. The average molecular weight is 370 g/mol. The lowest BCUT2D eigenvalue weighted by molar-refractivity contribution is 0.0955. The summed E-state index contributed by atoms with van der Waals surface area (Å²) in [6.07, 6.45) is 0. The Morgan fingerprint density at radius 1 is 1.30 bits per heavy atom. The summed E-state index contributed by atoms with van der Waals surface area (Å²) >= 11 is 7.16. The Morgan fingerprint density at radius 3 is 2.70 bits per heavy atom. The molecule has 6 nitrogen and oxygen atoms in total. The van der Waals surface area contributed by atoms with Crippen LogP contribution in [-0.4, -0.2) is 32.8 Å². The maximum atomic E-state index is 12.1. The maximum Gasteiger partial charge on any atom is 0.271 e. The summed E-state index contributed by atoms with van der Waals surface area (Å²) in [7, 11) is -1.97. The van der Waals surface area contributed by atoms with E-state index in [4.69, 9.17) is 11.6 Å². The van der Waals surface area contributed by atoms with Crippen molar-refractivity contribution < 1.29 is 13.2 Å². The van der Waals surface area contributed by atoms with E-state index in [2.05, 4.69) is 10.5 Å². The second kappa shape index (κ2) is 5.95. The van der Waals surface area contributed by atoms with Gasteiger partial charge in [-0.05, 0) is 35.7 Å². The molecule has 1 N–H and O–H groups in total. The molecule has 0 spiro atoms. The molecule has 0 radical (unpaired) electrons. The molecule has 0 unspecified atom stereocenters. The number of halogens is 1. The number of anilines is 1. The summed E-state index contributed by atoms with van der Waals surface area (Å²) in [5, 5.41) is 6.33. The fraction of sp³-hybridized carbons (Fsp3) is 0.143. The van der Waals surface area contributed by atoms with Crippen molar-refractivity contribution in [2.45, 2.75) is 0 Å². The molecule has 3 rings (SSSR count). The third-order valence-corrected chi connectivity index (χ3v) is 6.26. The molecule has 1 amide bonds. The average Bonchev–Trinajstić information content (AvgIpc) is 2.99. The van der Waals surface area contributed by atoms with Gasteiger partial charge in [0.1, 0.15) is 5.75 Å². The topological polar surface area (TPSA) is 78.8 Å². The summed E-state index contributed by atoms with van der Waals surface area (Å²) in [6, 6.07) is 8.05. The van der Waals surface area contributed by atoms with Gasteiger partial charge in [-0.2, -0.15) is 5.10 Å². The highest BCUT2D eigenvalue weighted by Gasteiger charge is 2.32. The molecule has 2 heterocycles. The predicted octanol–water partition coefficient (Wildman–Crippen LogP) is 2.32. The number of rotatable bonds is 2. The fourth-order valence-electron chi connectivity index (χ4n) is 2.12. The number of sulfonamides is 1. The molecule has 0 saturated heterocycles. The first-order chi connectivity index (χ1) is 10.9. The van der Waals surface area contributed by atoms with Gasteiger partial charge in [-0.15, -0.1) is 11.3 Å². The van der Waals surface area contributed by atoms with Gasteiger partial charge in [0, 0.05) is 17.6 Å². The van der Waals surface area contributed by atoms with Gasteiger partial charge in [-0.1, -0.05) is 11.6 Å². The third kappa shape index (κ3) is 3.10. The number of nitrogens with one attached hydrogen (secondary N) is 1. The number of carbonyl (C=O) groups is 1. The van der Waals surface area contributed by atoms with Crippen LogP contribution in [0.5, 0.6) is 0 Å². The van der Waals surface area contributed by atoms with E-state index in [1.54, 1.807) is 35.7 Å². The van der Waals surface area contributed by atoms with Gasteiger partial charge in [-0.3, -0.25) is 9.10 Å². The van der Waals surface area contributed by atoms with E-state index in [-0.39, 0.29) is 5.75 Å². The van der Waals surface area contributed by atoms with Crippen LogP contribution in [0.3, 0.4) is 0 Å². The molecule has 9 heteroatoms. The van der Waals surface area contributed by atoms with E-state index >= 15 is 0 Å². The second-order valence-electron chi connectivity index (χ2n) is 4.87. The zero-order chi connectivity index (χ0) is 16.6.